The lowest BCUT2D eigenvalue weighted by molar-refractivity contribution is -0.181. The van der Waals surface area contributed by atoms with Crippen LogP contribution >= 0.6 is 0 Å². The van der Waals surface area contributed by atoms with Gasteiger partial charge in [-0.3, -0.25) is 4.79 Å². The Morgan fingerprint density at radius 3 is 2.00 bits per heavy atom. The number of hydrogen-bond donors (Lipinski definition) is 0. The lowest BCUT2D eigenvalue weighted by Crippen LogP contribution is -2.52. The van der Waals surface area contributed by atoms with Crippen molar-refractivity contribution in [3.63, 3.8) is 0 Å². The van der Waals surface area contributed by atoms with Gasteiger partial charge in [-0.1, -0.05) is 78.1 Å². The minimum atomic E-state index is -0.166. The van der Waals surface area contributed by atoms with Gasteiger partial charge < -0.3 is 4.74 Å². The molecule has 3 saturated carbocycles. The molecule has 0 atom stereocenters. The summed E-state index contributed by atoms with van der Waals surface area (Å²) in [5, 5.41) is 0. The summed E-state index contributed by atoms with van der Waals surface area (Å²) in [5.74, 6) is 1.10. The Bertz CT molecular complexity index is 463. The van der Waals surface area contributed by atoms with E-state index in [-0.39, 0.29) is 22.9 Å². The number of rotatable bonds is 8. The van der Waals surface area contributed by atoms with Crippen LogP contribution in [0.5, 0.6) is 0 Å². The second-order valence-electron chi connectivity index (χ2n) is 10.4. The topological polar surface area (TPSA) is 26.3 Å². The third kappa shape index (κ3) is 4.78. The molecule has 0 unspecified atom stereocenters. The molecule has 0 heterocycles. The van der Waals surface area contributed by atoms with E-state index in [0.29, 0.717) is 0 Å². The molecule has 0 N–H and O–H groups in total. The summed E-state index contributed by atoms with van der Waals surface area (Å²) in [6.07, 6.45) is 23.9. The average Bonchev–Trinajstić information content (AvgIpc) is 2.75. The molecule has 0 aromatic rings. The summed E-state index contributed by atoms with van der Waals surface area (Å²) in [4.78, 5) is 13.8. The van der Waals surface area contributed by atoms with E-state index in [9.17, 15) is 4.79 Å². The lowest BCUT2D eigenvalue weighted by atomic mass is 9.50. The maximum absolute atomic E-state index is 13.8. The Morgan fingerprint density at radius 1 is 0.821 bits per heavy atom. The Labute approximate surface area is 174 Å². The summed E-state index contributed by atoms with van der Waals surface area (Å²) in [7, 11) is 0. The first-order valence-electron chi connectivity index (χ1n) is 12.9. The van der Waals surface area contributed by atoms with Crippen LogP contribution in [0.4, 0.5) is 0 Å². The number of esters is 1. The molecule has 0 aliphatic heterocycles. The van der Waals surface area contributed by atoms with Crippen LogP contribution in [-0.4, -0.2) is 12.1 Å². The Balaban J connectivity index is 1.73. The second kappa shape index (κ2) is 10.5. The maximum Gasteiger partial charge on any atom is 0.312 e. The number of unbranched alkanes of at least 4 members (excludes halogenated alkanes) is 1. The highest BCUT2D eigenvalue weighted by molar-refractivity contribution is 5.78. The number of hydrogen-bond acceptors (Lipinski definition) is 2. The molecule has 0 aromatic carbocycles. The highest BCUT2D eigenvalue weighted by Gasteiger charge is 2.56. The van der Waals surface area contributed by atoms with Crippen LogP contribution in [0.1, 0.15) is 136 Å². The zero-order chi connectivity index (χ0) is 19.9. The van der Waals surface area contributed by atoms with Gasteiger partial charge in [0.25, 0.3) is 0 Å². The number of carbonyl (C=O) groups excluding carboxylic acids is 1. The molecule has 0 aromatic heterocycles. The molecule has 0 bridgehead atoms. The minimum absolute atomic E-state index is 0.166. The normalized spacial score (nSPS) is 29.9. The van der Waals surface area contributed by atoms with Crippen molar-refractivity contribution < 1.29 is 9.53 Å². The molecule has 28 heavy (non-hydrogen) atoms. The summed E-state index contributed by atoms with van der Waals surface area (Å²) < 4.78 is 6.38. The van der Waals surface area contributed by atoms with Crippen LogP contribution in [0, 0.1) is 16.7 Å². The van der Waals surface area contributed by atoms with Crippen molar-refractivity contribution >= 4 is 5.97 Å². The van der Waals surface area contributed by atoms with Gasteiger partial charge in [0, 0.05) is 0 Å². The Morgan fingerprint density at radius 2 is 1.43 bits per heavy atom. The van der Waals surface area contributed by atoms with Gasteiger partial charge >= 0.3 is 5.97 Å². The van der Waals surface area contributed by atoms with Gasteiger partial charge in [-0.05, 0) is 69.1 Å². The molecule has 162 valence electrons. The van der Waals surface area contributed by atoms with Gasteiger partial charge in [0.15, 0.2) is 0 Å². The van der Waals surface area contributed by atoms with Crippen LogP contribution < -0.4 is 0 Å². The van der Waals surface area contributed by atoms with Crippen LogP contribution in [0.15, 0.2) is 0 Å². The zero-order valence-electron chi connectivity index (χ0n) is 18.9. The lowest BCUT2D eigenvalue weighted by Gasteiger charge is -2.53. The van der Waals surface area contributed by atoms with Crippen molar-refractivity contribution in [2.45, 2.75) is 142 Å². The SMILES string of the molecule is CCCCC1(C2(C(=O)OC3CCC(CCC)CC3)CCCCC2)CCCCC1. The fourth-order valence-electron chi connectivity index (χ4n) is 7.03. The molecule has 2 heteroatoms. The smallest absolute Gasteiger partial charge is 0.312 e. The van der Waals surface area contributed by atoms with Gasteiger partial charge in [-0.25, -0.2) is 0 Å². The molecule has 0 radical (unpaired) electrons. The second-order valence-corrected chi connectivity index (χ2v) is 10.4. The van der Waals surface area contributed by atoms with Crippen molar-refractivity contribution in [2.75, 3.05) is 0 Å². The van der Waals surface area contributed by atoms with Crippen molar-refractivity contribution in [1.29, 1.82) is 0 Å². The van der Waals surface area contributed by atoms with E-state index in [0.717, 1.165) is 31.6 Å². The van der Waals surface area contributed by atoms with E-state index in [2.05, 4.69) is 13.8 Å². The van der Waals surface area contributed by atoms with E-state index in [1.54, 1.807) is 0 Å². The molecule has 3 rings (SSSR count). The molecule has 3 aliphatic carbocycles. The molecule has 0 amide bonds. The maximum atomic E-state index is 13.8. The van der Waals surface area contributed by atoms with Gasteiger partial charge in [-0.15, -0.1) is 0 Å². The van der Waals surface area contributed by atoms with Crippen LogP contribution in [0.2, 0.25) is 0 Å². The molecule has 3 aliphatic rings. The van der Waals surface area contributed by atoms with Gasteiger partial charge in [0.1, 0.15) is 6.10 Å². The van der Waals surface area contributed by atoms with E-state index in [4.69, 9.17) is 4.74 Å². The third-order valence-corrected chi connectivity index (χ3v) is 8.70. The predicted molar refractivity (Wildman–Crippen MR) is 117 cm³/mol. The highest BCUT2D eigenvalue weighted by atomic mass is 16.5. The molecular formula is C26H46O2. The largest absolute Gasteiger partial charge is 0.462 e. The summed E-state index contributed by atoms with van der Waals surface area (Å²) in [6, 6.07) is 0. The number of carbonyl (C=O) groups is 1. The van der Waals surface area contributed by atoms with E-state index < -0.39 is 0 Å². The zero-order valence-corrected chi connectivity index (χ0v) is 18.9. The standard InChI is InChI=1S/C26H46O2/c1-3-5-17-25(18-8-6-9-19-25)26(20-10-7-11-21-26)24(27)28-23-15-13-22(12-4-2)14-16-23/h22-23H,3-21H2,1-2H3. The van der Waals surface area contributed by atoms with E-state index in [1.165, 1.54) is 96.3 Å². The molecule has 2 nitrogen and oxygen atoms in total. The van der Waals surface area contributed by atoms with E-state index >= 15 is 0 Å². The van der Waals surface area contributed by atoms with E-state index in [1.807, 2.05) is 0 Å². The molecular weight excluding hydrogens is 344 g/mol. The fourth-order valence-corrected chi connectivity index (χ4v) is 7.03. The van der Waals surface area contributed by atoms with Crippen molar-refractivity contribution in [3.05, 3.63) is 0 Å². The quantitative estimate of drug-likeness (QED) is 0.393. The van der Waals surface area contributed by atoms with Crippen molar-refractivity contribution in [1.82, 2.24) is 0 Å². The van der Waals surface area contributed by atoms with Gasteiger partial charge in [-0.2, -0.15) is 0 Å². The van der Waals surface area contributed by atoms with Crippen molar-refractivity contribution in [2.24, 2.45) is 16.7 Å². The third-order valence-electron chi connectivity index (χ3n) is 8.70. The summed E-state index contributed by atoms with van der Waals surface area (Å²) in [6.45, 7) is 4.59. The fraction of sp³-hybridized carbons (Fsp3) is 0.962. The number of ether oxygens (including phenoxy) is 1. The molecule has 0 spiro atoms. The van der Waals surface area contributed by atoms with Gasteiger partial charge in [0.05, 0.1) is 5.41 Å². The van der Waals surface area contributed by atoms with Crippen molar-refractivity contribution in [3.8, 4) is 0 Å². The first-order valence-corrected chi connectivity index (χ1v) is 12.9. The monoisotopic (exact) mass is 390 g/mol. The Hall–Kier alpha value is -0.530. The predicted octanol–water partition coefficient (Wildman–Crippen LogP) is 7.98. The molecule has 3 fully saturated rings. The Kier molecular flexibility index (Phi) is 8.30. The summed E-state index contributed by atoms with van der Waals surface area (Å²) in [5.41, 5.74) is 0.0687. The average molecular weight is 391 g/mol. The molecule has 0 saturated heterocycles. The minimum Gasteiger partial charge on any atom is -0.462 e. The van der Waals surface area contributed by atoms with Crippen LogP contribution in [-0.2, 0) is 9.53 Å². The van der Waals surface area contributed by atoms with Gasteiger partial charge in [0.2, 0.25) is 0 Å². The first-order chi connectivity index (χ1) is 13.7. The summed E-state index contributed by atoms with van der Waals surface area (Å²) >= 11 is 0. The first kappa shape index (κ1) is 22.2. The van der Waals surface area contributed by atoms with Crippen LogP contribution in [0.25, 0.3) is 0 Å². The van der Waals surface area contributed by atoms with Crippen LogP contribution in [0.3, 0.4) is 0 Å². The highest BCUT2D eigenvalue weighted by Crippen LogP contribution is 2.60.